The Morgan fingerprint density at radius 1 is 1.00 bits per heavy atom. The highest BCUT2D eigenvalue weighted by molar-refractivity contribution is 5.97. The van der Waals surface area contributed by atoms with Crippen LogP contribution in [0.5, 0.6) is 5.75 Å². The van der Waals surface area contributed by atoms with Gasteiger partial charge in [0.1, 0.15) is 12.3 Å². The number of carbonyl (C=O) groups is 3. The molecule has 2 rings (SSSR count). The maximum atomic E-state index is 12.9. The summed E-state index contributed by atoms with van der Waals surface area (Å²) < 4.78 is 48.1. The lowest BCUT2D eigenvalue weighted by atomic mass is 10.2. The molecule has 7 nitrogen and oxygen atoms in total. The minimum absolute atomic E-state index is 0.238. The first-order chi connectivity index (χ1) is 13.7. The molecule has 2 N–H and O–H groups in total. The Labute approximate surface area is 163 Å². The zero-order chi connectivity index (χ0) is 21.4. The number of hydrogen-bond donors (Lipinski definition) is 2. The number of hydrogen-bond acceptors (Lipinski definition) is 5. The smallest absolute Gasteiger partial charge is 0.419 e. The molecule has 154 valence electrons. The molecule has 0 aromatic heterocycles. The fourth-order valence-corrected chi connectivity index (χ4v) is 2.20. The van der Waals surface area contributed by atoms with Gasteiger partial charge < -0.3 is 20.1 Å². The van der Waals surface area contributed by atoms with Gasteiger partial charge in [0, 0.05) is 11.3 Å². The highest BCUT2D eigenvalue weighted by atomic mass is 19.4. The fourth-order valence-electron chi connectivity index (χ4n) is 2.20. The molecule has 0 radical (unpaired) electrons. The molecule has 0 aliphatic heterocycles. The van der Waals surface area contributed by atoms with E-state index in [1.54, 1.807) is 0 Å². The van der Waals surface area contributed by atoms with Crippen molar-refractivity contribution >= 4 is 23.5 Å². The number of benzene rings is 2. The number of para-hydroxylation sites is 1. The Balaban J connectivity index is 1.90. The summed E-state index contributed by atoms with van der Waals surface area (Å²) in [5.74, 6) is -2.24. The van der Waals surface area contributed by atoms with E-state index in [4.69, 9.17) is 4.74 Å². The Bertz CT molecular complexity index is 882. The first-order valence-corrected chi connectivity index (χ1v) is 8.24. The van der Waals surface area contributed by atoms with Crippen molar-refractivity contribution in [2.75, 3.05) is 25.6 Å². The van der Waals surface area contributed by atoms with E-state index in [1.807, 2.05) is 0 Å². The number of rotatable bonds is 7. The topological polar surface area (TPSA) is 93.7 Å². The Morgan fingerprint density at radius 2 is 1.66 bits per heavy atom. The molecule has 2 amide bonds. The van der Waals surface area contributed by atoms with E-state index < -0.39 is 41.9 Å². The molecule has 0 saturated heterocycles. The summed E-state index contributed by atoms with van der Waals surface area (Å²) in [7, 11) is 1.19. The molecule has 10 heteroatoms. The van der Waals surface area contributed by atoms with Crippen LogP contribution in [0.3, 0.4) is 0 Å². The average Bonchev–Trinajstić information content (AvgIpc) is 2.70. The fraction of sp³-hybridized carbons (Fsp3) is 0.211. The van der Waals surface area contributed by atoms with Crippen molar-refractivity contribution in [3.05, 3.63) is 59.7 Å². The van der Waals surface area contributed by atoms with Crippen molar-refractivity contribution in [1.82, 2.24) is 5.32 Å². The van der Waals surface area contributed by atoms with Crippen LogP contribution in [0.4, 0.5) is 18.9 Å². The van der Waals surface area contributed by atoms with Crippen molar-refractivity contribution in [2.24, 2.45) is 0 Å². The van der Waals surface area contributed by atoms with Crippen LogP contribution in [-0.2, 0) is 20.5 Å². The molecule has 29 heavy (non-hydrogen) atoms. The molecule has 0 bridgehead atoms. The number of anilines is 1. The van der Waals surface area contributed by atoms with E-state index in [1.165, 1.54) is 43.5 Å². The maximum Gasteiger partial charge on any atom is 0.419 e. The van der Waals surface area contributed by atoms with Gasteiger partial charge in [-0.25, -0.2) is 0 Å². The van der Waals surface area contributed by atoms with Crippen LogP contribution in [0.25, 0.3) is 0 Å². The van der Waals surface area contributed by atoms with Gasteiger partial charge in [0.25, 0.3) is 11.8 Å². The Kier molecular flexibility index (Phi) is 7.18. The second kappa shape index (κ2) is 9.58. The zero-order valence-electron chi connectivity index (χ0n) is 15.2. The number of ether oxygens (including phenoxy) is 2. The van der Waals surface area contributed by atoms with Crippen molar-refractivity contribution in [2.45, 2.75) is 6.18 Å². The second-order valence-electron chi connectivity index (χ2n) is 5.67. The normalized spacial score (nSPS) is 10.8. The number of alkyl halides is 3. The summed E-state index contributed by atoms with van der Waals surface area (Å²) in [5, 5.41) is 4.80. The van der Waals surface area contributed by atoms with E-state index >= 15 is 0 Å². The molecular weight excluding hydrogens is 393 g/mol. The molecule has 0 saturated carbocycles. The van der Waals surface area contributed by atoms with Gasteiger partial charge in [-0.05, 0) is 36.4 Å². The Morgan fingerprint density at radius 3 is 2.28 bits per heavy atom. The maximum absolute atomic E-state index is 12.9. The first kappa shape index (κ1) is 21.7. The lowest BCUT2D eigenvalue weighted by Gasteiger charge is -2.13. The first-order valence-electron chi connectivity index (χ1n) is 8.24. The number of amides is 2. The number of halogens is 3. The summed E-state index contributed by atoms with van der Waals surface area (Å²) in [6.45, 7) is -0.918. The van der Waals surface area contributed by atoms with Crippen LogP contribution in [0.15, 0.2) is 48.5 Å². The minimum atomic E-state index is -4.60. The third kappa shape index (κ3) is 6.52. The van der Waals surface area contributed by atoms with Crippen molar-refractivity contribution in [3.8, 4) is 5.75 Å². The summed E-state index contributed by atoms with van der Waals surface area (Å²) in [5.41, 5.74) is -0.426. The van der Waals surface area contributed by atoms with E-state index in [-0.39, 0.29) is 12.1 Å². The number of carbonyl (C=O) groups excluding carboxylic acids is 3. The van der Waals surface area contributed by atoms with E-state index in [0.717, 1.165) is 12.1 Å². The largest absolute Gasteiger partial charge is 0.483 e. The van der Waals surface area contributed by atoms with E-state index in [9.17, 15) is 27.6 Å². The monoisotopic (exact) mass is 410 g/mol. The predicted octanol–water partition coefficient (Wildman–Crippen LogP) is 2.63. The predicted molar refractivity (Wildman–Crippen MR) is 96.4 cm³/mol. The van der Waals surface area contributed by atoms with Gasteiger partial charge >= 0.3 is 12.1 Å². The number of esters is 1. The lowest BCUT2D eigenvalue weighted by Crippen LogP contribution is -2.30. The van der Waals surface area contributed by atoms with Gasteiger partial charge in [0.05, 0.1) is 12.7 Å². The van der Waals surface area contributed by atoms with Gasteiger partial charge in [-0.1, -0.05) is 12.1 Å². The SMILES string of the molecule is COC(=O)CNC(=O)c1ccc(NC(=O)COc2ccccc2C(F)(F)F)cc1. The quantitative estimate of drug-likeness (QED) is 0.685. The molecule has 0 fully saturated rings. The summed E-state index contributed by atoms with van der Waals surface area (Å²) >= 11 is 0. The molecule has 0 heterocycles. The molecule has 0 aliphatic rings. The molecule has 0 spiro atoms. The summed E-state index contributed by atoms with van der Waals surface area (Å²) in [6, 6.07) is 10.2. The molecule has 0 aliphatic carbocycles. The standard InChI is InChI=1S/C19H17F3N2O5/c1-28-17(26)10-23-18(27)12-6-8-13(9-7-12)24-16(25)11-29-15-5-3-2-4-14(15)19(20,21)22/h2-9H,10-11H2,1H3,(H,23,27)(H,24,25). The van der Waals surface area contributed by atoms with Gasteiger partial charge in [-0.15, -0.1) is 0 Å². The molecule has 0 atom stereocenters. The average molecular weight is 410 g/mol. The van der Waals surface area contributed by atoms with Crippen molar-refractivity contribution in [3.63, 3.8) is 0 Å². The van der Waals surface area contributed by atoms with Gasteiger partial charge in [0.15, 0.2) is 6.61 Å². The van der Waals surface area contributed by atoms with Crippen LogP contribution in [0.2, 0.25) is 0 Å². The summed E-state index contributed by atoms with van der Waals surface area (Å²) in [4.78, 5) is 34.8. The number of nitrogens with one attached hydrogen (secondary N) is 2. The van der Waals surface area contributed by atoms with Gasteiger partial charge in [0.2, 0.25) is 0 Å². The number of methoxy groups -OCH3 is 1. The van der Waals surface area contributed by atoms with E-state index in [2.05, 4.69) is 15.4 Å². The summed E-state index contributed by atoms with van der Waals surface area (Å²) in [6.07, 6.45) is -4.60. The highest BCUT2D eigenvalue weighted by Crippen LogP contribution is 2.35. The van der Waals surface area contributed by atoms with Crippen molar-refractivity contribution < 1.29 is 37.0 Å². The zero-order valence-corrected chi connectivity index (χ0v) is 15.2. The van der Waals surface area contributed by atoms with Crippen LogP contribution in [-0.4, -0.2) is 38.0 Å². The van der Waals surface area contributed by atoms with Gasteiger partial charge in [-0.3, -0.25) is 14.4 Å². The molecular formula is C19H17F3N2O5. The highest BCUT2D eigenvalue weighted by Gasteiger charge is 2.34. The molecule has 2 aromatic rings. The second-order valence-corrected chi connectivity index (χ2v) is 5.67. The third-order valence-corrected chi connectivity index (χ3v) is 3.60. The molecule has 2 aromatic carbocycles. The van der Waals surface area contributed by atoms with Crippen LogP contribution in [0, 0.1) is 0 Å². The third-order valence-electron chi connectivity index (χ3n) is 3.60. The van der Waals surface area contributed by atoms with Crippen LogP contribution >= 0.6 is 0 Å². The van der Waals surface area contributed by atoms with Crippen molar-refractivity contribution in [1.29, 1.82) is 0 Å². The minimum Gasteiger partial charge on any atom is -0.483 e. The van der Waals surface area contributed by atoms with E-state index in [0.29, 0.717) is 5.69 Å². The Hall–Kier alpha value is -3.56. The van der Waals surface area contributed by atoms with Crippen LogP contribution < -0.4 is 15.4 Å². The van der Waals surface area contributed by atoms with Gasteiger partial charge in [-0.2, -0.15) is 13.2 Å². The lowest BCUT2D eigenvalue weighted by molar-refractivity contribution is -0.140. The molecule has 0 unspecified atom stereocenters. The van der Waals surface area contributed by atoms with Crippen LogP contribution in [0.1, 0.15) is 15.9 Å².